The number of nitrogens with one attached hydrogen (secondary N) is 1. The van der Waals surface area contributed by atoms with Crippen LogP contribution in [0, 0.1) is 5.41 Å². The largest absolute Gasteiger partial charge is 0.381 e. The minimum atomic E-state index is 0.528. The van der Waals surface area contributed by atoms with Gasteiger partial charge >= 0.3 is 0 Å². The molecule has 1 N–H and O–H groups in total. The Labute approximate surface area is 115 Å². The van der Waals surface area contributed by atoms with E-state index >= 15 is 0 Å². The Morgan fingerprint density at radius 2 is 1.89 bits per heavy atom. The van der Waals surface area contributed by atoms with Gasteiger partial charge in [-0.15, -0.1) is 0 Å². The summed E-state index contributed by atoms with van der Waals surface area (Å²) in [6, 6.07) is 11.1. The van der Waals surface area contributed by atoms with E-state index in [1.165, 1.54) is 31.1 Å². The Morgan fingerprint density at radius 1 is 1.16 bits per heavy atom. The van der Waals surface area contributed by atoms with Gasteiger partial charge in [-0.3, -0.25) is 4.98 Å². The number of pyridine rings is 1. The van der Waals surface area contributed by atoms with Crippen LogP contribution in [0.25, 0.3) is 10.9 Å². The first-order chi connectivity index (χ1) is 9.12. The molecule has 19 heavy (non-hydrogen) atoms. The van der Waals surface area contributed by atoms with E-state index in [0.29, 0.717) is 11.5 Å². The maximum atomic E-state index is 4.51. The molecule has 2 heteroatoms. The smallest absolute Gasteiger partial charge is 0.0703 e. The minimum absolute atomic E-state index is 0.528. The van der Waals surface area contributed by atoms with Crippen LogP contribution >= 0.6 is 0 Å². The normalized spacial score (nSPS) is 19.5. The molecule has 1 fully saturated rings. The Morgan fingerprint density at radius 3 is 2.68 bits per heavy atom. The third kappa shape index (κ3) is 2.89. The van der Waals surface area contributed by atoms with Crippen molar-refractivity contribution in [2.24, 2.45) is 5.41 Å². The number of hydrogen-bond acceptors (Lipinski definition) is 2. The number of rotatable bonds is 2. The molecule has 1 aliphatic rings. The highest BCUT2D eigenvalue weighted by Gasteiger charge is 2.26. The fourth-order valence-corrected chi connectivity index (χ4v) is 2.93. The number of nitrogens with zero attached hydrogens (tertiary/aromatic N) is 1. The number of anilines is 1. The van der Waals surface area contributed by atoms with Crippen molar-refractivity contribution < 1.29 is 0 Å². The third-order valence-corrected chi connectivity index (χ3v) is 4.30. The molecule has 0 radical (unpaired) electrons. The molecule has 1 heterocycles. The molecule has 1 aromatic carbocycles. The number of benzene rings is 1. The number of hydrogen-bond donors (Lipinski definition) is 1. The van der Waals surface area contributed by atoms with Crippen LogP contribution in [-0.2, 0) is 0 Å². The predicted molar refractivity (Wildman–Crippen MR) is 81.4 cm³/mol. The summed E-state index contributed by atoms with van der Waals surface area (Å²) in [6.45, 7) is 4.75. The van der Waals surface area contributed by atoms with E-state index in [9.17, 15) is 0 Å². The fourth-order valence-electron chi connectivity index (χ4n) is 2.93. The van der Waals surface area contributed by atoms with Crippen molar-refractivity contribution in [3.8, 4) is 0 Å². The summed E-state index contributed by atoms with van der Waals surface area (Å²) in [5.74, 6) is 0. The Hall–Kier alpha value is -1.57. The molecule has 1 saturated carbocycles. The van der Waals surface area contributed by atoms with Crippen molar-refractivity contribution in [2.75, 3.05) is 5.32 Å². The van der Waals surface area contributed by atoms with Crippen molar-refractivity contribution in [1.82, 2.24) is 4.98 Å². The van der Waals surface area contributed by atoms with Crippen molar-refractivity contribution in [3.63, 3.8) is 0 Å². The van der Waals surface area contributed by atoms with Gasteiger partial charge in [0.2, 0.25) is 0 Å². The topological polar surface area (TPSA) is 24.9 Å². The van der Waals surface area contributed by atoms with Crippen molar-refractivity contribution >= 4 is 16.6 Å². The maximum Gasteiger partial charge on any atom is 0.0703 e. The molecule has 1 aromatic heterocycles. The first-order valence-electron chi connectivity index (χ1n) is 7.24. The molecule has 0 aliphatic heterocycles. The zero-order valence-electron chi connectivity index (χ0n) is 11.8. The number of para-hydroxylation sites is 1. The summed E-state index contributed by atoms with van der Waals surface area (Å²) in [6.07, 6.45) is 7.11. The molecular weight excluding hydrogens is 232 g/mol. The molecule has 3 rings (SSSR count). The van der Waals surface area contributed by atoms with Crippen LogP contribution in [0.5, 0.6) is 0 Å². The Kier molecular flexibility index (Phi) is 3.17. The van der Waals surface area contributed by atoms with E-state index in [2.05, 4.69) is 48.4 Å². The highest BCUT2D eigenvalue weighted by Crippen LogP contribution is 2.36. The summed E-state index contributed by atoms with van der Waals surface area (Å²) < 4.78 is 0. The van der Waals surface area contributed by atoms with Crippen molar-refractivity contribution in [2.45, 2.75) is 45.6 Å². The molecule has 100 valence electrons. The highest BCUT2D eigenvalue weighted by atomic mass is 14.9. The van der Waals surface area contributed by atoms with Crippen LogP contribution in [0.3, 0.4) is 0 Å². The van der Waals surface area contributed by atoms with Crippen LogP contribution < -0.4 is 5.32 Å². The standard InChI is InChI=1S/C17H22N2/c1-17(2)9-7-14(8-10-17)19-15-11-13-5-3-4-6-16(13)18-12-15/h3-6,11-12,14,19H,7-10H2,1-2H3. The van der Waals surface area contributed by atoms with E-state index in [1.807, 2.05) is 12.3 Å². The SMILES string of the molecule is CC1(C)CCC(Nc2cnc3ccccc3c2)CC1. The van der Waals surface area contributed by atoms with Gasteiger partial charge in [-0.05, 0) is 43.2 Å². The minimum Gasteiger partial charge on any atom is -0.381 e. The number of fused-ring (bicyclic) bond motifs is 1. The van der Waals surface area contributed by atoms with Crippen molar-refractivity contribution in [3.05, 3.63) is 36.5 Å². The summed E-state index contributed by atoms with van der Waals surface area (Å²) in [4.78, 5) is 4.51. The van der Waals surface area contributed by atoms with Crippen LogP contribution in [0.2, 0.25) is 0 Å². The van der Waals surface area contributed by atoms with Gasteiger partial charge in [0.1, 0.15) is 0 Å². The average Bonchev–Trinajstić information content (AvgIpc) is 2.41. The van der Waals surface area contributed by atoms with Gasteiger partial charge in [0, 0.05) is 11.4 Å². The molecule has 0 saturated heterocycles. The van der Waals surface area contributed by atoms with E-state index in [-0.39, 0.29) is 0 Å². The number of aromatic nitrogens is 1. The molecule has 0 spiro atoms. The summed E-state index contributed by atoms with van der Waals surface area (Å²) in [7, 11) is 0. The van der Waals surface area contributed by atoms with Gasteiger partial charge in [-0.1, -0.05) is 32.0 Å². The summed E-state index contributed by atoms with van der Waals surface area (Å²) in [5.41, 5.74) is 2.75. The first kappa shape index (κ1) is 12.5. The van der Waals surface area contributed by atoms with Crippen molar-refractivity contribution in [1.29, 1.82) is 0 Å². The molecule has 1 aliphatic carbocycles. The van der Waals surface area contributed by atoms with E-state index in [1.54, 1.807) is 0 Å². The lowest BCUT2D eigenvalue weighted by Gasteiger charge is -2.35. The van der Waals surface area contributed by atoms with Crippen LogP contribution in [0.1, 0.15) is 39.5 Å². The molecule has 2 nitrogen and oxygen atoms in total. The van der Waals surface area contributed by atoms with Crippen LogP contribution in [0.15, 0.2) is 36.5 Å². The lowest BCUT2D eigenvalue weighted by Crippen LogP contribution is -2.29. The molecule has 0 unspecified atom stereocenters. The zero-order valence-corrected chi connectivity index (χ0v) is 11.8. The second kappa shape index (κ2) is 4.84. The average molecular weight is 254 g/mol. The second-order valence-corrected chi connectivity index (χ2v) is 6.50. The van der Waals surface area contributed by atoms with Gasteiger partial charge < -0.3 is 5.32 Å². The monoisotopic (exact) mass is 254 g/mol. The third-order valence-electron chi connectivity index (χ3n) is 4.30. The quantitative estimate of drug-likeness (QED) is 0.846. The molecule has 0 atom stereocenters. The van der Waals surface area contributed by atoms with E-state index in [0.717, 1.165) is 11.2 Å². The summed E-state index contributed by atoms with van der Waals surface area (Å²) >= 11 is 0. The van der Waals surface area contributed by atoms with Gasteiger partial charge in [-0.2, -0.15) is 0 Å². The fraction of sp³-hybridized carbons (Fsp3) is 0.471. The van der Waals surface area contributed by atoms with Gasteiger partial charge in [0.15, 0.2) is 0 Å². The van der Waals surface area contributed by atoms with Gasteiger partial charge in [0.05, 0.1) is 17.4 Å². The molecular formula is C17H22N2. The Balaban J connectivity index is 1.72. The lowest BCUT2D eigenvalue weighted by molar-refractivity contribution is 0.232. The first-order valence-corrected chi connectivity index (χ1v) is 7.24. The van der Waals surface area contributed by atoms with Crippen LogP contribution in [0.4, 0.5) is 5.69 Å². The highest BCUT2D eigenvalue weighted by molar-refractivity contribution is 5.81. The Bertz CT molecular complexity index is 564. The lowest BCUT2D eigenvalue weighted by atomic mass is 9.75. The maximum absolute atomic E-state index is 4.51. The molecule has 0 bridgehead atoms. The summed E-state index contributed by atoms with van der Waals surface area (Å²) in [5, 5.41) is 4.86. The van der Waals surface area contributed by atoms with E-state index < -0.39 is 0 Å². The molecule has 2 aromatic rings. The van der Waals surface area contributed by atoms with E-state index in [4.69, 9.17) is 0 Å². The molecule has 0 amide bonds. The second-order valence-electron chi connectivity index (χ2n) is 6.50. The van der Waals surface area contributed by atoms with Crippen LogP contribution in [-0.4, -0.2) is 11.0 Å². The van der Waals surface area contributed by atoms with Gasteiger partial charge in [-0.25, -0.2) is 0 Å². The van der Waals surface area contributed by atoms with Gasteiger partial charge in [0.25, 0.3) is 0 Å². The zero-order chi connectivity index (χ0) is 13.3. The predicted octanol–water partition coefficient (Wildman–Crippen LogP) is 4.62.